The van der Waals surface area contributed by atoms with Crippen LogP contribution in [0.4, 0.5) is 0 Å². The quantitative estimate of drug-likeness (QED) is 0.0986. The molecule has 0 amide bonds. The van der Waals surface area contributed by atoms with Crippen LogP contribution < -0.4 is 9.47 Å². The normalized spacial score (nSPS) is 10.8. The first kappa shape index (κ1) is 31.1. The molecule has 8 nitrogen and oxygen atoms in total. The smallest absolute Gasteiger partial charge is 0.373 e. The zero-order valence-corrected chi connectivity index (χ0v) is 22.6. The Bertz CT molecular complexity index is 843. The number of ether oxygens (including phenoxy) is 2. The summed E-state index contributed by atoms with van der Waals surface area (Å²) in [6.45, 7) is 9.07. The first-order valence-electron chi connectivity index (χ1n) is 13.5. The molecule has 2 radical (unpaired) electrons. The predicted octanol–water partition coefficient (Wildman–Crippen LogP) is 7.59. The molecule has 0 unspecified atom stereocenters. The average molecular weight is 529 g/mol. The van der Waals surface area contributed by atoms with Gasteiger partial charge in [0.1, 0.15) is 11.5 Å². The maximum absolute atomic E-state index is 12.4. The van der Waals surface area contributed by atoms with Gasteiger partial charge in [-0.2, -0.15) is 0 Å². The molecule has 0 spiro atoms. The molecule has 0 aliphatic rings. The summed E-state index contributed by atoms with van der Waals surface area (Å²) in [7, 11) is 0. The molecule has 38 heavy (non-hydrogen) atoms. The van der Waals surface area contributed by atoms with Crippen LogP contribution in [0, 0.1) is 13.2 Å². The second kappa shape index (κ2) is 19.0. The lowest BCUT2D eigenvalue weighted by atomic mass is 10.1. The molecule has 0 heterocycles. The number of hydrogen-bond acceptors (Lipinski definition) is 8. The van der Waals surface area contributed by atoms with E-state index in [0.29, 0.717) is 37.6 Å². The van der Waals surface area contributed by atoms with Gasteiger partial charge in [0.15, 0.2) is 0 Å². The van der Waals surface area contributed by atoms with Crippen molar-refractivity contribution in [2.75, 3.05) is 13.2 Å². The van der Waals surface area contributed by atoms with Crippen LogP contribution in [-0.2, 0) is 19.6 Å². The average Bonchev–Trinajstić information content (AvgIpc) is 2.95. The second-order valence-electron chi connectivity index (χ2n) is 8.75. The van der Waals surface area contributed by atoms with E-state index in [1.165, 1.54) is 0 Å². The van der Waals surface area contributed by atoms with E-state index in [1.807, 2.05) is 13.8 Å². The van der Waals surface area contributed by atoms with Crippen LogP contribution in [0.5, 0.6) is 11.5 Å². The summed E-state index contributed by atoms with van der Waals surface area (Å²) in [4.78, 5) is 45.1. The lowest BCUT2D eigenvalue weighted by Gasteiger charge is -2.14. The van der Waals surface area contributed by atoms with Gasteiger partial charge in [-0.3, -0.25) is 9.78 Å². The topological polar surface area (TPSA) is 89.5 Å². The van der Waals surface area contributed by atoms with Gasteiger partial charge in [0, 0.05) is 6.42 Å². The van der Waals surface area contributed by atoms with E-state index in [4.69, 9.17) is 29.0 Å². The van der Waals surface area contributed by atoms with Gasteiger partial charge in [0.2, 0.25) is 0 Å². The molecule has 0 saturated heterocycles. The Labute approximate surface area is 226 Å². The van der Waals surface area contributed by atoms with Crippen molar-refractivity contribution in [1.29, 1.82) is 0 Å². The second-order valence-corrected chi connectivity index (χ2v) is 8.75. The SMILES string of the molecule is [CH2]CCCCCCCC[C](OOC(=O)c1ccc(OCCC)cc1)OOC(=O)c1ccc(OCCC)cc1. The van der Waals surface area contributed by atoms with Crippen molar-refractivity contribution in [3.8, 4) is 11.5 Å². The van der Waals surface area contributed by atoms with E-state index in [1.54, 1.807) is 48.5 Å². The van der Waals surface area contributed by atoms with Crippen LogP contribution >= 0.6 is 0 Å². The third-order valence-electron chi connectivity index (χ3n) is 5.43. The van der Waals surface area contributed by atoms with Gasteiger partial charge in [0.25, 0.3) is 0 Å². The minimum atomic E-state index is -0.713. The lowest BCUT2D eigenvalue weighted by molar-refractivity contribution is -0.363. The summed E-state index contributed by atoms with van der Waals surface area (Å²) >= 11 is 0. The Hall–Kier alpha value is -3.10. The maximum atomic E-state index is 12.4. The third-order valence-corrected chi connectivity index (χ3v) is 5.43. The summed E-state index contributed by atoms with van der Waals surface area (Å²) in [6, 6.07) is 13.1. The van der Waals surface area contributed by atoms with Gasteiger partial charge in [0.05, 0.1) is 24.3 Å². The van der Waals surface area contributed by atoms with Crippen molar-refractivity contribution in [2.24, 2.45) is 0 Å². The van der Waals surface area contributed by atoms with Crippen LogP contribution in [-0.4, -0.2) is 25.2 Å². The molecule has 0 saturated carbocycles. The fourth-order valence-electron chi connectivity index (χ4n) is 3.33. The van der Waals surface area contributed by atoms with Crippen LogP contribution in [0.2, 0.25) is 0 Å². The first-order valence-corrected chi connectivity index (χ1v) is 13.5. The number of carbonyl (C=O) groups excluding carboxylic acids is 2. The molecule has 0 atom stereocenters. The van der Waals surface area contributed by atoms with Gasteiger partial charge in [-0.1, -0.05) is 59.3 Å². The third kappa shape index (κ3) is 12.4. The zero-order valence-electron chi connectivity index (χ0n) is 22.6. The Morgan fingerprint density at radius 2 is 1.03 bits per heavy atom. The van der Waals surface area contributed by atoms with E-state index in [9.17, 15) is 9.59 Å². The van der Waals surface area contributed by atoms with E-state index in [2.05, 4.69) is 6.92 Å². The minimum Gasteiger partial charge on any atom is -0.494 e. The highest BCUT2D eigenvalue weighted by molar-refractivity contribution is 5.89. The predicted molar refractivity (Wildman–Crippen MR) is 143 cm³/mol. The molecule has 2 rings (SSSR count). The van der Waals surface area contributed by atoms with E-state index in [-0.39, 0.29) is 17.4 Å². The number of unbranched alkanes of at least 4 members (excludes halogenated alkanes) is 6. The molecular weight excluding hydrogens is 488 g/mol. The summed E-state index contributed by atoms with van der Waals surface area (Å²) in [5.41, 5.74) is 0.557. The summed E-state index contributed by atoms with van der Waals surface area (Å²) < 4.78 is 11.0. The molecule has 2 aromatic carbocycles. The molecule has 2 aromatic rings. The van der Waals surface area contributed by atoms with Gasteiger partial charge in [-0.25, -0.2) is 9.59 Å². The number of benzene rings is 2. The van der Waals surface area contributed by atoms with E-state index >= 15 is 0 Å². The molecule has 0 aliphatic carbocycles. The van der Waals surface area contributed by atoms with Crippen molar-refractivity contribution >= 4 is 11.9 Å². The zero-order chi connectivity index (χ0) is 27.4. The fraction of sp³-hybridized carbons (Fsp3) is 0.467. The standard InChI is InChI=1S/C30H40O8/c1-4-7-8-9-10-11-12-13-28(35-37-29(31)24-14-18-26(19-15-24)33-22-5-2)36-38-30(32)25-16-20-27(21-17-25)34-23-6-3/h14-21H,1,4-13,22-23H2,2-3H3. The molecule has 208 valence electrons. The highest BCUT2D eigenvalue weighted by Crippen LogP contribution is 2.21. The van der Waals surface area contributed by atoms with Crippen molar-refractivity contribution in [3.05, 3.63) is 72.9 Å². The molecule has 0 bridgehead atoms. The van der Waals surface area contributed by atoms with Gasteiger partial charge >= 0.3 is 18.2 Å². The molecule has 0 fully saturated rings. The first-order chi connectivity index (χ1) is 18.6. The number of rotatable bonds is 20. The molecular formula is C30H40O8. The van der Waals surface area contributed by atoms with E-state index in [0.717, 1.165) is 51.4 Å². The number of carbonyl (C=O) groups is 2. The number of hydrogen-bond donors (Lipinski definition) is 0. The summed E-state index contributed by atoms with van der Waals surface area (Å²) in [5, 5.41) is 0. The monoisotopic (exact) mass is 528 g/mol. The molecule has 8 heteroatoms. The van der Waals surface area contributed by atoms with Gasteiger partial charge in [-0.05, 0) is 67.8 Å². The minimum absolute atomic E-state index is 0.116. The largest absolute Gasteiger partial charge is 0.494 e. The Balaban J connectivity index is 1.88. The summed E-state index contributed by atoms with van der Waals surface area (Å²) in [5.74, 6) is -0.107. The highest BCUT2D eigenvalue weighted by atomic mass is 17.3. The van der Waals surface area contributed by atoms with Crippen molar-refractivity contribution in [3.63, 3.8) is 0 Å². The van der Waals surface area contributed by atoms with Gasteiger partial charge < -0.3 is 9.47 Å². The maximum Gasteiger partial charge on any atom is 0.373 e. The van der Waals surface area contributed by atoms with Crippen LogP contribution in [0.15, 0.2) is 48.5 Å². The van der Waals surface area contributed by atoms with Crippen LogP contribution in [0.1, 0.15) is 98.8 Å². The Kier molecular flexibility index (Phi) is 15.6. The molecule has 0 aromatic heterocycles. The van der Waals surface area contributed by atoms with E-state index < -0.39 is 11.9 Å². The van der Waals surface area contributed by atoms with Crippen molar-refractivity contribution in [2.45, 2.75) is 78.1 Å². The Morgan fingerprint density at radius 1 is 0.605 bits per heavy atom. The lowest BCUT2D eigenvalue weighted by Crippen LogP contribution is -2.16. The summed E-state index contributed by atoms with van der Waals surface area (Å²) in [6.07, 6.45) is 8.96. The highest BCUT2D eigenvalue weighted by Gasteiger charge is 2.21. The van der Waals surface area contributed by atoms with Crippen LogP contribution in [0.3, 0.4) is 0 Å². The fourth-order valence-corrected chi connectivity index (χ4v) is 3.33. The molecule has 0 aliphatic heterocycles. The van der Waals surface area contributed by atoms with Crippen molar-refractivity contribution < 1.29 is 38.6 Å². The Morgan fingerprint density at radius 3 is 1.45 bits per heavy atom. The van der Waals surface area contributed by atoms with Crippen molar-refractivity contribution in [1.82, 2.24) is 0 Å². The van der Waals surface area contributed by atoms with Gasteiger partial charge in [-0.15, -0.1) is 9.78 Å². The van der Waals surface area contributed by atoms with Crippen LogP contribution in [0.25, 0.3) is 0 Å². The molecule has 0 N–H and O–H groups in total.